The molecule has 1 amide bonds. The van der Waals surface area contributed by atoms with Crippen LogP contribution in [-0.2, 0) is 0 Å². The highest BCUT2D eigenvalue weighted by Crippen LogP contribution is 2.20. The number of hydrogen-bond donors (Lipinski definition) is 1. The number of hydrogen-bond acceptors (Lipinski definition) is 2. The summed E-state index contributed by atoms with van der Waals surface area (Å²) < 4.78 is 28.6. The van der Waals surface area contributed by atoms with Gasteiger partial charge in [-0.15, -0.1) is 11.6 Å². The first-order valence-electron chi connectivity index (χ1n) is 5.42. The van der Waals surface area contributed by atoms with E-state index in [0.29, 0.717) is 12.4 Å². The lowest BCUT2D eigenvalue weighted by molar-refractivity contribution is -0.0501. The summed E-state index contributed by atoms with van der Waals surface area (Å²) in [4.78, 5) is 11.8. The molecule has 1 aromatic rings. The molecule has 0 aliphatic carbocycles. The monoisotopic (exact) mass is 277 g/mol. The molecular weight excluding hydrogens is 264 g/mol. The lowest BCUT2D eigenvalue weighted by atomic mass is 10.1. The van der Waals surface area contributed by atoms with Crippen molar-refractivity contribution in [3.05, 3.63) is 29.8 Å². The summed E-state index contributed by atoms with van der Waals surface area (Å²) >= 11 is 5.61. The van der Waals surface area contributed by atoms with Crippen molar-refractivity contribution in [2.45, 2.75) is 13.5 Å². The molecule has 1 unspecified atom stereocenters. The number of amides is 1. The Kier molecular flexibility index (Phi) is 5.85. The summed E-state index contributed by atoms with van der Waals surface area (Å²) in [5, 5.41) is 2.62. The molecule has 6 heteroatoms. The summed E-state index contributed by atoms with van der Waals surface area (Å²) in [6, 6.07) is 5.86. The highest BCUT2D eigenvalue weighted by molar-refractivity contribution is 6.18. The second-order valence-corrected chi connectivity index (χ2v) is 4.15. The molecule has 3 nitrogen and oxygen atoms in total. The van der Waals surface area contributed by atoms with Crippen LogP contribution >= 0.6 is 11.6 Å². The zero-order valence-electron chi connectivity index (χ0n) is 9.83. The normalized spacial score (nSPS) is 12.3. The van der Waals surface area contributed by atoms with Crippen molar-refractivity contribution >= 4 is 17.5 Å². The number of halogens is 3. The van der Waals surface area contributed by atoms with Gasteiger partial charge >= 0.3 is 6.61 Å². The third kappa shape index (κ3) is 4.49. The second kappa shape index (κ2) is 7.16. The van der Waals surface area contributed by atoms with Crippen LogP contribution in [0.15, 0.2) is 24.3 Å². The van der Waals surface area contributed by atoms with E-state index in [4.69, 9.17) is 11.6 Å². The van der Waals surface area contributed by atoms with Gasteiger partial charge in [0.25, 0.3) is 5.91 Å². The van der Waals surface area contributed by atoms with Gasteiger partial charge in [0.1, 0.15) is 5.75 Å². The Balaban J connectivity index is 2.72. The first-order valence-corrected chi connectivity index (χ1v) is 5.96. The van der Waals surface area contributed by atoms with Crippen molar-refractivity contribution in [3.8, 4) is 5.75 Å². The Morgan fingerprint density at radius 2 is 2.11 bits per heavy atom. The van der Waals surface area contributed by atoms with Gasteiger partial charge in [-0.05, 0) is 18.1 Å². The number of nitrogens with one attached hydrogen (secondary N) is 1. The van der Waals surface area contributed by atoms with E-state index in [-0.39, 0.29) is 17.2 Å². The standard InChI is InChI=1S/C12H14ClF2NO2/c1-8(6-13)7-16-11(17)9-4-2-3-5-10(9)18-12(14)15/h2-5,8,12H,6-7H2,1H3,(H,16,17). The SMILES string of the molecule is CC(CCl)CNC(=O)c1ccccc1OC(F)F. The molecule has 0 saturated heterocycles. The number of ether oxygens (including phenoxy) is 1. The fourth-order valence-electron chi connectivity index (χ4n) is 1.27. The van der Waals surface area contributed by atoms with Crippen LogP contribution in [0.25, 0.3) is 0 Å². The average molecular weight is 278 g/mol. The van der Waals surface area contributed by atoms with Gasteiger partial charge in [0.2, 0.25) is 0 Å². The van der Waals surface area contributed by atoms with Crippen LogP contribution in [0, 0.1) is 5.92 Å². The lowest BCUT2D eigenvalue weighted by Gasteiger charge is -2.12. The van der Waals surface area contributed by atoms with Gasteiger partial charge in [-0.2, -0.15) is 8.78 Å². The minimum absolute atomic E-state index is 0.0829. The van der Waals surface area contributed by atoms with Crippen molar-refractivity contribution in [1.82, 2.24) is 5.32 Å². The highest BCUT2D eigenvalue weighted by atomic mass is 35.5. The second-order valence-electron chi connectivity index (χ2n) is 3.84. The maximum atomic E-state index is 12.2. The molecule has 0 fully saturated rings. The summed E-state index contributed by atoms with van der Waals surface area (Å²) in [6.07, 6.45) is 0. The molecular formula is C12H14ClF2NO2. The van der Waals surface area contributed by atoms with Crippen LogP contribution in [-0.4, -0.2) is 24.9 Å². The minimum Gasteiger partial charge on any atom is -0.434 e. The van der Waals surface area contributed by atoms with Crippen LogP contribution in [0.5, 0.6) is 5.75 Å². The molecule has 0 aliphatic heterocycles. The van der Waals surface area contributed by atoms with Gasteiger partial charge in [0, 0.05) is 12.4 Å². The Labute approximate surface area is 109 Å². The Bertz CT molecular complexity index is 401. The van der Waals surface area contributed by atoms with Gasteiger partial charge in [0.15, 0.2) is 0 Å². The van der Waals surface area contributed by atoms with E-state index in [1.807, 2.05) is 6.92 Å². The number of alkyl halides is 3. The number of para-hydroxylation sites is 1. The van der Waals surface area contributed by atoms with E-state index in [9.17, 15) is 13.6 Å². The zero-order valence-corrected chi connectivity index (χ0v) is 10.6. The van der Waals surface area contributed by atoms with Gasteiger partial charge in [-0.3, -0.25) is 4.79 Å². The lowest BCUT2D eigenvalue weighted by Crippen LogP contribution is -2.29. The maximum absolute atomic E-state index is 12.2. The van der Waals surface area contributed by atoms with Crippen molar-refractivity contribution in [2.75, 3.05) is 12.4 Å². The molecule has 0 saturated carbocycles. The topological polar surface area (TPSA) is 38.3 Å². The molecule has 0 spiro atoms. The van der Waals surface area contributed by atoms with E-state index in [0.717, 1.165) is 0 Å². The quantitative estimate of drug-likeness (QED) is 0.812. The summed E-state index contributed by atoms with van der Waals surface area (Å²) in [6.45, 7) is -0.707. The van der Waals surface area contributed by atoms with Crippen molar-refractivity contribution in [3.63, 3.8) is 0 Å². The van der Waals surface area contributed by atoms with E-state index >= 15 is 0 Å². The molecule has 100 valence electrons. The fraction of sp³-hybridized carbons (Fsp3) is 0.417. The molecule has 1 rings (SSSR count). The number of carbonyl (C=O) groups excluding carboxylic acids is 1. The van der Waals surface area contributed by atoms with Gasteiger partial charge in [-0.25, -0.2) is 0 Å². The van der Waals surface area contributed by atoms with Crippen LogP contribution in [0.1, 0.15) is 17.3 Å². The van der Waals surface area contributed by atoms with E-state index in [1.165, 1.54) is 18.2 Å². The Hall–Kier alpha value is -1.36. The molecule has 18 heavy (non-hydrogen) atoms. The summed E-state index contributed by atoms with van der Waals surface area (Å²) in [5.41, 5.74) is 0.0829. The maximum Gasteiger partial charge on any atom is 0.387 e. The molecule has 0 radical (unpaired) electrons. The summed E-state index contributed by atoms with van der Waals surface area (Å²) in [7, 11) is 0. The fourth-order valence-corrected chi connectivity index (χ4v) is 1.38. The molecule has 1 aromatic carbocycles. The van der Waals surface area contributed by atoms with E-state index < -0.39 is 12.5 Å². The first kappa shape index (κ1) is 14.7. The number of carbonyl (C=O) groups is 1. The number of rotatable bonds is 6. The van der Waals surface area contributed by atoms with Crippen LogP contribution in [0.2, 0.25) is 0 Å². The molecule has 0 aliphatic rings. The van der Waals surface area contributed by atoms with Crippen LogP contribution in [0.3, 0.4) is 0 Å². The number of benzene rings is 1. The molecule has 0 heterocycles. The minimum atomic E-state index is -2.96. The zero-order chi connectivity index (χ0) is 13.5. The van der Waals surface area contributed by atoms with E-state index in [1.54, 1.807) is 6.07 Å². The molecule has 0 bridgehead atoms. The largest absolute Gasteiger partial charge is 0.434 e. The van der Waals surface area contributed by atoms with E-state index in [2.05, 4.69) is 10.1 Å². The molecule has 1 atom stereocenters. The van der Waals surface area contributed by atoms with Gasteiger partial charge in [0.05, 0.1) is 5.56 Å². The molecule has 0 aromatic heterocycles. The predicted molar refractivity (Wildman–Crippen MR) is 65.3 cm³/mol. The summed E-state index contributed by atoms with van der Waals surface area (Å²) in [5.74, 6) is -0.0688. The third-order valence-electron chi connectivity index (χ3n) is 2.22. The Morgan fingerprint density at radius 1 is 1.44 bits per heavy atom. The van der Waals surface area contributed by atoms with Crippen LogP contribution in [0.4, 0.5) is 8.78 Å². The smallest absolute Gasteiger partial charge is 0.387 e. The van der Waals surface area contributed by atoms with Gasteiger partial charge in [-0.1, -0.05) is 19.1 Å². The predicted octanol–water partition coefficient (Wildman–Crippen LogP) is 2.89. The molecule has 1 N–H and O–H groups in total. The van der Waals surface area contributed by atoms with Crippen molar-refractivity contribution < 1.29 is 18.3 Å². The highest BCUT2D eigenvalue weighted by Gasteiger charge is 2.15. The van der Waals surface area contributed by atoms with Crippen molar-refractivity contribution in [2.24, 2.45) is 5.92 Å². The van der Waals surface area contributed by atoms with Crippen LogP contribution < -0.4 is 10.1 Å². The average Bonchev–Trinajstić information content (AvgIpc) is 2.35. The Morgan fingerprint density at radius 3 is 2.72 bits per heavy atom. The first-order chi connectivity index (χ1) is 8.54. The van der Waals surface area contributed by atoms with Crippen molar-refractivity contribution in [1.29, 1.82) is 0 Å². The third-order valence-corrected chi connectivity index (χ3v) is 2.75. The van der Waals surface area contributed by atoms with Gasteiger partial charge < -0.3 is 10.1 Å².